The maximum Gasteiger partial charge on any atom is 0.315 e. The number of methoxy groups -OCH3 is 1. The lowest BCUT2D eigenvalue weighted by molar-refractivity contribution is 0.240. The Morgan fingerprint density at radius 2 is 1.58 bits per heavy atom. The van der Waals surface area contributed by atoms with Crippen molar-refractivity contribution in [2.24, 2.45) is 0 Å². The summed E-state index contributed by atoms with van der Waals surface area (Å²) < 4.78 is 5.11. The molecule has 2 rings (SSSR count). The molecule has 2 amide bonds. The fraction of sp³-hybridized carbons (Fsp3) is 0.350. The molecule has 0 saturated heterocycles. The van der Waals surface area contributed by atoms with Gasteiger partial charge in [-0.3, -0.25) is 0 Å². The van der Waals surface area contributed by atoms with E-state index in [1.807, 2.05) is 24.3 Å². The summed E-state index contributed by atoms with van der Waals surface area (Å²) in [5, 5.41) is 5.74. The highest BCUT2D eigenvalue weighted by atomic mass is 16.5. The van der Waals surface area contributed by atoms with Crippen LogP contribution < -0.4 is 15.4 Å². The predicted molar refractivity (Wildman–Crippen MR) is 97.5 cm³/mol. The predicted octanol–water partition coefficient (Wildman–Crippen LogP) is 3.86. The Morgan fingerprint density at radius 1 is 0.958 bits per heavy atom. The Morgan fingerprint density at radius 3 is 2.17 bits per heavy atom. The zero-order valence-corrected chi connectivity index (χ0v) is 14.6. The maximum atomic E-state index is 11.8. The smallest absolute Gasteiger partial charge is 0.315 e. The molecule has 0 aromatic heterocycles. The van der Waals surface area contributed by atoms with Crippen LogP contribution in [0.25, 0.3) is 0 Å². The van der Waals surface area contributed by atoms with Crippen molar-refractivity contribution in [2.75, 3.05) is 13.7 Å². The van der Waals surface area contributed by atoms with Crippen LogP contribution in [0.5, 0.6) is 5.75 Å². The Kier molecular flexibility index (Phi) is 6.67. The highest BCUT2D eigenvalue weighted by molar-refractivity contribution is 5.73. The molecule has 0 aliphatic heterocycles. The lowest BCUT2D eigenvalue weighted by Crippen LogP contribution is -2.36. The molecule has 0 radical (unpaired) electrons. The van der Waals surface area contributed by atoms with Gasteiger partial charge in [-0.05, 0) is 41.2 Å². The van der Waals surface area contributed by atoms with Crippen LogP contribution in [0.1, 0.15) is 36.5 Å². The number of ether oxygens (including phenoxy) is 1. The van der Waals surface area contributed by atoms with Gasteiger partial charge in [0.05, 0.1) is 7.11 Å². The zero-order chi connectivity index (χ0) is 17.4. The van der Waals surface area contributed by atoms with Crippen molar-refractivity contribution in [1.82, 2.24) is 10.6 Å². The number of hydrogen-bond donors (Lipinski definition) is 2. The van der Waals surface area contributed by atoms with E-state index in [0.717, 1.165) is 17.7 Å². The summed E-state index contributed by atoms with van der Waals surface area (Å²) in [6, 6.07) is 16.1. The fourth-order valence-electron chi connectivity index (χ4n) is 2.38. The number of carbonyl (C=O) groups excluding carboxylic acids is 1. The molecule has 0 saturated carbocycles. The molecule has 2 aromatic rings. The van der Waals surface area contributed by atoms with Gasteiger partial charge in [0.15, 0.2) is 0 Å². The Balaban J connectivity index is 1.69. The molecule has 0 atom stereocenters. The quantitative estimate of drug-likeness (QED) is 0.812. The van der Waals surface area contributed by atoms with Crippen molar-refractivity contribution in [3.8, 4) is 5.75 Å². The first-order valence-corrected chi connectivity index (χ1v) is 8.32. The molecule has 4 nitrogen and oxygen atoms in total. The van der Waals surface area contributed by atoms with E-state index in [1.54, 1.807) is 7.11 Å². The third-order valence-corrected chi connectivity index (χ3v) is 3.96. The number of urea groups is 1. The van der Waals surface area contributed by atoms with E-state index in [0.29, 0.717) is 19.0 Å². The summed E-state index contributed by atoms with van der Waals surface area (Å²) in [6.45, 7) is 5.49. The minimum absolute atomic E-state index is 0.149. The molecular weight excluding hydrogens is 300 g/mol. The van der Waals surface area contributed by atoms with Crippen LogP contribution in [-0.4, -0.2) is 19.7 Å². The van der Waals surface area contributed by atoms with Crippen LogP contribution in [-0.2, 0) is 13.0 Å². The normalized spacial score (nSPS) is 10.5. The highest BCUT2D eigenvalue weighted by Gasteiger charge is 2.02. The molecule has 128 valence electrons. The molecule has 0 fully saturated rings. The van der Waals surface area contributed by atoms with Crippen molar-refractivity contribution < 1.29 is 9.53 Å². The van der Waals surface area contributed by atoms with E-state index < -0.39 is 0 Å². The fourth-order valence-corrected chi connectivity index (χ4v) is 2.38. The third kappa shape index (κ3) is 5.61. The molecule has 2 aromatic carbocycles. The second-order valence-electron chi connectivity index (χ2n) is 6.10. The van der Waals surface area contributed by atoms with Gasteiger partial charge in [-0.15, -0.1) is 0 Å². The van der Waals surface area contributed by atoms with Crippen molar-refractivity contribution in [1.29, 1.82) is 0 Å². The molecule has 24 heavy (non-hydrogen) atoms. The average Bonchev–Trinajstić information content (AvgIpc) is 2.61. The van der Waals surface area contributed by atoms with Crippen molar-refractivity contribution >= 4 is 6.03 Å². The number of hydrogen-bond acceptors (Lipinski definition) is 2. The monoisotopic (exact) mass is 326 g/mol. The standard InChI is InChI=1S/C20H26N2O2/c1-15(2)18-8-4-16(5-9-18)12-13-21-20(23)22-14-17-6-10-19(24-3)11-7-17/h4-11,15H,12-14H2,1-3H3,(H2,21,22,23). The minimum Gasteiger partial charge on any atom is -0.497 e. The van der Waals surface area contributed by atoms with Crippen LogP contribution in [0.4, 0.5) is 4.79 Å². The summed E-state index contributed by atoms with van der Waals surface area (Å²) in [4.78, 5) is 11.8. The lowest BCUT2D eigenvalue weighted by atomic mass is 10.0. The summed E-state index contributed by atoms with van der Waals surface area (Å²) in [7, 11) is 1.64. The van der Waals surface area contributed by atoms with Crippen LogP contribution in [0, 0.1) is 0 Å². The molecule has 4 heteroatoms. The summed E-state index contributed by atoms with van der Waals surface area (Å²) in [5.41, 5.74) is 3.61. The van der Waals surface area contributed by atoms with Crippen LogP contribution in [0.2, 0.25) is 0 Å². The molecule has 0 aliphatic carbocycles. The molecule has 0 unspecified atom stereocenters. The lowest BCUT2D eigenvalue weighted by Gasteiger charge is -2.09. The van der Waals surface area contributed by atoms with Crippen LogP contribution in [0.3, 0.4) is 0 Å². The first kappa shape index (κ1) is 17.9. The second-order valence-corrected chi connectivity index (χ2v) is 6.10. The maximum absolute atomic E-state index is 11.8. The van der Waals surface area contributed by atoms with Gasteiger partial charge in [0, 0.05) is 13.1 Å². The first-order chi connectivity index (χ1) is 11.6. The van der Waals surface area contributed by atoms with E-state index in [2.05, 4.69) is 48.7 Å². The van der Waals surface area contributed by atoms with Gasteiger partial charge in [0.2, 0.25) is 0 Å². The van der Waals surface area contributed by atoms with Crippen molar-refractivity contribution in [3.63, 3.8) is 0 Å². The molecule has 0 spiro atoms. The van der Waals surface area contributed by atoms with Gasteiger partial charge < -0.3 is 15.4 Å². The van der Waals surface area contributed by atoms with Gasteiger partial charge in [0.1, 0.15) is 5.75 Å². The van der Waals surface area contributed by atoms with Gasteiger partial charge in [-0.1, -0.05) is 50.2 Å². The van der Waals surface area contributed by atoms with E-state index in [4.69, 9.17) is 4.74 Å². The minimum atomic E-state index is -0.149. The number of rotatable bonds is 7. The van der Waals surface area contributed by atoms with Crippen molar-refractivity contribution in [3.05, 3.63) is 65.2 Å². The SMILES string of the molecule is COc1ccc(CNC(=O)NCCc2ccc(C(C)C)cc2)cc1. The number of carbonyl (C=O) groups is 1. The summed E-state index contributed by atoms with van der Waals surface area (Å²) >= 11 is 0. The molecule has 0 heterocycles. The average molecular weight is 326 g/mol. The highest BCUT2D eigenvalue weighted by Crippen LogP contribution is 2.14. The van der Waals surface area contributed by atoms with E-state index >= 15 is 0 Å². The van der Waals surface area contributed by atoms with E-state index in [9.17, 15) is 4.79 Å². The van der Waals surface area contributed by atoms with E-state index in [1.165, 1.54) is 11.1 Å². The number of amides is 2. The topological polar surface area (TPSA) is 50.4 Å². The first-order valence-electron chi connectivity index (χ1n) is 8.32. The molecular formula is C20H26N2O2. The van der Waals surface area contributed by atoms with Crippen LogP contribution in [0.15, 0.2) is 48.5 Å². The van der Waals surface area contributed by atoms with Gasteiger partial charge in [0.25, 0.3) is 0 Å². The third-order valence-electron chi connectivity index (χ3n) is 3.96. The second kappa shape index (κ2) is 8.96. The zero-order valence-electron chi connectivity index (χ0n) is 14.6. The Labute approximate surface area is 144 Å². The summed E-state index contributed by atoms with van der Waals surface area (Å²) in [6.07, 6.45) is 0.828. The Hall–Kier alpha value is -2.49. The number of nitrogens with one attached hydrogen (secondary N) is 2. The molecule has 0 aliphatic rings. The molecule has 2 N–H and O–H groups in total. The van der Waals surface area contributed by atoms with Crippen LogP contribution >= 0.6 is 0 Å². The van der Waals surface area contributed by atoms with Crippen molar-refractivity contribution in [2.45, 2.75) is 32.7 Å². The summed E-state index contributed by atoms with van der Waals surface area (Å²) in [5.74, 6) is 1.35. The largest absolute Gasteiger partial charge is 0.497 e. The van der Waals surface area contributed by atoms with Gasteiger partial charge in [-0.2, -0.15) is 0 Å². The molecule has 0 bridgehead atoms. The van der Waals surface area contributed by atoms with Gasteiger partial charge >= 0.3 is 6.03 Å². The van der Waals surface area contributed by atoms with E-state index in [-0.39, 0.29) is 6.03 Å². The number of benzene rings is 2. The van der Waals surface area contributed by atoms with Gasteiger partial charge in [-0.25, -0.2) is 4.79 Å². The Bertz CT molecular complexity index is 634.